The van der Waals surface area contributed by atoms with Crippen molar-refractivity contribution in [1.29, 1.82) is 0 Å². The first-order valence-corrected chi connectivity index (χ1v) is 7.05. The maximum Gasteiger partial charge on any atom is 0.322 e. The molecule has 0 N–H and O–H groups in total. The van der Waals surface area contributed by atoms with Gasteiger partial charge in [0.05, 0.1) is 7.11 Å². The summed E-state index contributed by atoms with van der Waals surface area (Å²) in [5.74, 6) is -0.213. The van der Waals surface area contributed by atoms with Crippen LogP contribution in [0, 0.1) is 0 Å². The van der Waals surface area contributed by atoms with Crippen LogP contribution in [0.3, 0.4) is 0 Å². The molecule has 2 aromatic rings. The number of likely N-dealkylation sites (N-methyl/N-ethyl adjacent to an activating group) is 1. The van der Waals surface area contributed by atoms with E-state index in [4.69, 9.17) is 4.74 Å². The van der Waals surface area contributed by atoms with Crippen LogP contribution in [0.15, 0.2) is 54.6 Å². The molecule has 0 aromatic heterocycles. The van der Waals surface area contributed by atoms with Crippen molar-refractivity contribution in [3.63, 3.8) is 0 Å². The van der Waals surface area contributed by atoms with Crippen molar-refractivity contribution in [2.45, 2.75) is 19.5 Å². The van der Waals surface area contributed by atoms with Gasteiger partial charge in [0.2, 0.25) is 0 Å². The largest absolute Gasteiger partial charge is 0.468 e. The van der Waals surface area contributed by atoms with Crippen molar-refractivity contribution in [3.05, 3.63) is 60.2 Å². The van der Waals surface area contributed by atoms with Gasteiger partial charge in [-0.05, 0) is 30.7 Å². The highest BCUT2D eigenvalue weighted by molar-refractivity contribution is 5.75. The van der Waals surface area contributed by atoms with Gasteiger partial charge in [0.1, 0.15) is 6.04 Å². The summed E-state index contributed by atoms with van der Waals surface area (Å²) in [6.45, 7) is 2.55. The molecule has 0 fully saturated rings. The Hall–Kier alpha value is -2.13. The Kier molecular flexibility index (Phi) is 5.12. The fraction of sp³-hybridized carbons (Fsp3) is 0.278. The molecule has 0 heterocycles. The fourth-order valence-corrected chi connectivity index (χ4v) is 2.31. The van der Waals surface area contributed by atoms with Gasteiger partial charge in [-0.3, -0.25) is 9.69 Å². The quantitative estimate of drug-likeness (QED) is 0.788. The molecule has 0 spiro atoms. The Morgan fingerprint density at radius 3 is 2.38 bits per heavy atom. The summed E-state index contributed by atoms with van der Waals surface area (Å²) >= 11 is 0. The summed E-state index contributed by atoms with van der Waals surface area (Å²) in [4.78, 5) is 13.6. The van der Waals surface area contributed by atoms with Crippen LogP contribution in [0.4, 0.5) is 0 Å². The van der Waals surface area contributed by atoms with Crippen molar-refractivity contribution in [2.75, 3.05) is 14.2 Å². The molecule has 2 aromatic carbocycles. The van der Waals surface area contributed by atoms with Crippen LogP contribution < -0.4 is 0 Å². The molecule has 1 unspecified atom stereocenters. The first-order valence-electron chi connectivity index (χ1n) is 7.05. The van der Waals surface area contributed by atoms with E-state index in [1.165, 1.54) is 23.8 Å². The predicted octanol–water partition coefficient (Wildman–Crippen LogP) is 3.35. The minimum absolute atomic E-state index is 0.213. The molecule has 0 aliphatic carbocycles. The molecule has 3 heteroatoms. The van der Waals surface area contributed by atoms with E-state index in [9.17, 15) is 4.79 Å². The molecule has 0 radical (unpaired) electrons. The average Bonchev–Trinajstić information content (AvgIpc) is 2.54. The monoisotopic (exact) mass is 283 g/mol. The zero-order valence-corrected chi connectivity index (χ0v) is 12.7. The number of carbonyl (C=O) groups excluding carboxylic acids is 1. The summed E-state index contributed by atoms with van der Waals surface area (Å²) in [6.07, 6.45) is 0. The van der Waals surface area contributed by atoms with Crippen molar-refractivity contribution >= 4 is 5.97 Å². The minimum atomic E-state index is -0.265. The van der Waals surface area contributed by atoms with Crippen LogP contribution in [-0.2, 0) is 16.1 Å². The molecule has 0 aliphatic rings. The van der Waals surface area contributed by atoms with Gasteiger partial charge in [-0.25, -0.2) is 0 Å². The van der Waals surface area contributed by atoms with E-state index in [0.29, 0.717) is 6.54 Å². The zero-order chi connectivity index (χ0) is 15.2. The van der Waals surface area contributed by atoms with Crippen LogP contribution in [0.1, 0.15) is 12.5 Å². The van der Waals surface area contributed by atoms with Gasteiger partial charge in [0.15, 0.2) is 0 Å². The second-order valence-corrected chi connectivity index (χ2v) is 5.14. The molecule has 0 saturated carbocycles. The van der Waals surface area contributed by atoms with Gasteiger partial charge >= 0.3 is 5.97 Å². The number of nitrogens with zero attached hydrogens (tertiary/aromatic N) is 1. The molecule has 0 bridgehead atoms. The first-order chi connectivity index (χ1) is 10.1. The lowest BCUT2D eigenvalue weighted by molar-refractivity contribution is -0.145. The smallest absolute Gasteiger partial charge is 0.322 e. The van der Waals surface area contributed by atoms with Gasteiger partial charge < -0.3 is 4.74 Å². The average molecular weight is 283 g/mol. The van der Waals surface area contributed by atoms with Crippen LogP contribution >= 0.6 is 0 Å². The van der Waals surface area contributed by atoms with E-state index in [0.717, 1.165) is 0 Å². The molecule has 0 saturated heterocycles. The van der Waals surface area contributed by atoms with Gasteiger partial charge in [0.25, 0.3) is 0 Å². The van der Waals surface area contributed by atoms with Crippen LogP contribution in [0.5, 0.6) is 0 Å². The van der Waals surface area contributed by atoms with E-state index in [1.54, 1.807) is 0 Å². The van der Waals surface area contributed by atoms with Gasteiger partial charge in [-0.1, -0.05) is 54.6 Å². The number of hydrogen-bond acceptors (Lipinski definition) is 3. The van der Waals surface area contributed by atoms with E-state index < -0.39 is 0 Å². The molecule has 110 valence electrons. The first kappa shape index (κ1) is 15.3. The van der Waals surface area contributed by atoms with Crippen LogP contribution in [0.2, 0.25) is 0 Å². The maximum atomic E-state index is 11.6. The zero-order valence-electron chi connectivity index (χ0n) is 12.7. The Bertz CT molecular complexity index is 595. The van der Waals surface area contributed by atoms with Crippen LogP contribution in [-0.4, -0.2) is 31.1 Å². The maximum absolute atomic E-state index is 11.6. The summed E-state index contributed by atoms with van der Waals surface area (Å²) in [7, 11) is 3.36. The third-order valence-electron chi connectivity index (χ3n) is 3.73. The summed E-state index contributed by atoms with van der Waals surface area (Å²) in [5.41, 5.74) is 3.58. The second-order valence-electron chi connectivity index (χ2n) is 5.14. The number of rotatable bonds is 5. The Balaban J connectivity index is 2.23. The van der Waals surface area contributed by atoms with Gasteiger partial charge in [-0.15, -0.1) is 0 Å². The number of carbonyl (C=O) groups is 1. The van der Waals surface area contributed by atoms with Crippen molar-refractivity contribution in [1.82, 2.24) is 4.90 Å². The van der Waals surface area contributed by atoms with Crippen molar-refractivity contribution in [2.24, 2.45) is 0 Å². The topological polar surface area (TPSA) is 29.5 Å². The van der Waals surface area contributed by atoms with Crippen molar-refractivity contribution in [3.8, 4) is 11.1 Å². The van der Waals surface area contributed by atoms with Crippen LogP contribution in [0.25, 0.3) is 11.1 Å². The molecule has 21 heavy (non-hydrogen) atoms. The number of methoxy groups -OCH3 is 1. The lowest BCUT2D eigenvalue weighted by Crippen LogP contribution is -2.36. The van der Waals surface area contributed by atoms with E-state index in [-0.39, 0.29) is 12.0 Å². The second kappa shape index (κ2) is 7.04. The fourth-order valence-electron chi connectivity index (χ4n) is 2.31. The minimum Gasteiger partial charge on any atom is -0.468 e. The Labute approximate surface area is 126 Å². The molecule has 3 nitrogen and oxygen atoms in total. The molecular formula is C18H21NO2. The van der Waals surface area contributed by atoms with E-state index >= 15 is 0 Å². The number of hydrogen-bond donors (Lipinski definition) is 0. The summed E-state index contributed by atoms with van der Waals surface area (Å²) < 4.78 is 4.81. The standard InChI is InChI=1S/C18H21NO2/c1-14(18(20)21-3)19(2)13-16-11-7-8-12-17(16)15-9-5-4-6-10-15/h4-12,14H,13H2,1-3H3. The Morgan fingerprint density at radius 2 is 1.71 bits per heavy atom. The molecule has 1 atom stereocenters. The molecular weight excluding hydrogens is 262 g/mol. The molecule has 0 amide bonds. The third kappa shape index (κ3) is 3.70. The third-order valence-corrected chi connectivity index (χ3v) is 3.73. The summed E-state index contributed by atoms with van der Waals surface area (Å²) in [6, 6.07) is 18.3. The van der Waals surface area contributed by atoms with E-state index in [1.807, 2.05) is 49.2 Å². The summed E-state index contributed by atoms with van der Waals surface area (Å²) in [5, 5.41) is 0. The molecule has 2 rings (SSSR count). The Morgan fingerprint density at radius 1 is 1.10 bits per heavy atom. The highest BCUT2D eigenvalue weighted by atomic mass is 16.5. The highest BCUT2D eigenvalue weighted by Gasteiger charge is 2.19. The number of esters is 1. The lowest BCUT2D eigenvalue weighted by atomic mass is 9.99. The van der Waals surface area contributed by atoms with E-state index in [2.05, 4.69) is 24.3 Å². The SMILES string of the molecule is COC(=O)C(C)N(C)Cc1ccccc1-c1ccccc1. The van der Waals surface area contributed by atoms with Crippen molar-refractivity contribution < 1.29 is 9.53 Å². The van der Waals surface area contributed by atoms with Gasteiger partial charge in [0, 0.05) is 6.54 Å². The normalized spacial score (nSPS) is 12.2. The molecule has 0 aliphatic heterocycles. The number of benzene rings is 2. The number of ether oxygens (including phenoxy) is 1. The predicted molar refractivity (Wildman–Crippen MR) is 84.8 cm³/mol. The van der Waals surface area contributed by atoms with Gasteiger partial charge in [-0.2, -0.15) is 0 Å². The highest BCUT2D eigenvalue weighted by Crippen LogP contribution is 2.24. The lowest BCUT2D eigenvalue weighted by Gasteiger charge is -2.23.